The molecule has 24 heavy (non-hydrogen) atoms. The first-order valence-corrected chi connectivity index (χ1v) is 8.47. The number of benzene rings is 1. The van der Waals surface area contributed by atoms with E-state index >= 15 is 0 Å². The molecule has 0 aromatic heterocycles. The van der Waals surface area contributed by atoms with Gasteiger partial charge in [-0.05, 0) is 37.1 Å². The Morgan fingerprint density at radius 3 is 2.88 bits per heavy atom. The van der Waals surface area contributed by atoms with Gasteiger partial charge < -0.3 is 19.1 Å². The highest BCUT2D eigenvalue weighted by Crippen LogP contribution is 2.34. The monoisotopic (exact) mass is 337 g/mol. The third-order valence-electron chi connectivity index (χ3n) is 4.96. The average Bonchev–Trinajstić information content (AvgIpc) is 3.09. The number of rotatable bonds is 5. The summed E-state index contributed by atoms with van der Waals surface area (Å²) >= 11 is 0. The van der Waals surface area contributed by atoms with E-state index in [2.05, 4.69) is 0 Å². The molecule has 3 atom stereocenters. The molecule has 0 N–H and O–H groups in total. The Bertz CT molecular complexity index is 550. The predicted molar refractivity (Wildman–Crippen MR) is 86.4 cm³/mol. The number of nitrogens with zero attached hydrogens (tertiary/aromatic N) is 1. The lowest BCUT2D eigenvalue weighted by molar-refractivity contribution is -0.146. The minimum absolute atomic E-state index is 0.0375. The Morgan fingerprint density at radius 1 is 1.33 bits per heavy atom. The van der Waals surface area contributed by atoms with Crippen LogP contribution in [0.3, 0.4) is 0 Å². The summed E-state index contributed by atoms with van der Waals surface area (Å²) in [5.41, 5.74) is 0. The molecule has 1 saturated heterocycles. The van der Waals surface area contributed by atoms with Gasteiger partial charge in [0.1, 0.15) is 11.6 Å². The van der Waals surface area contributed by atoms with E-state index in [0.29, 0.717) is 31.4 Å². The zero-order valence-electron chi connectivity index (χ0n) is 13.9. The molecule has 0 bridgehead atoms. The largest absolute Gasteiger partial charge is 0.484 e. The fourth-order valence-electron chi connectivity index (χ4n) is 3.73. The summed E-state index contributed by atoms with van der Waals surface area (Å²) in [7, 11) is 1.73. The van der Waals surface area contributed by atoms with E-state index in [9.17, 15) is 9.18 Å². The first kappa shape index (κ1) is 17.2. The van der Waals surface area contributed by atoms with Crippen LogP contribution in [-0.2, 0) is 14.3 Å². The smallest absolute Gasteiger partial charge is 0.260 e. The lowest BCUT2D eigenvalue weighted by Crippen LogP contribution is -2.54. The summed E-state index contributed by atoms with van der Waals surface area (Å²) < 4.78 is 29.6. The standard InChI is InChI=1S/C18H24FNO4/c1-22-17-4-2-3-15(17)16-11-23-10-9-20(16)18(21)12-24-14-7-5-13(19)6-8-14/h5-8,15-17H,2-4,9-12H2,1H3/t15-,16+,17-/m1/s1. The molecule has 2 aliphatic rings. The van der Waals surface area contributed by atoms with Crippen molar-refractivity contribution in [3.63, 3.8) is 0 Å². The molecule has 0 radical (unpaired) electrons. The van der Waals surface area contributed by atoms with Gasteiger partial charge in [-0.2, -0.15) is 0 Å². The van der Waals surface area contributed by atoms with Gasteiger partial charge in [0.25, 0.3) is 5.91 Å². The van der Waals surface area contributed by atoms with Crippen molar-refractivity contribution in [3.05, 3.63) is 30.1 Å². The third kappa shape index (κ3) is 3.87. The van der Waals surface area contributed by atoms with Gasteiger partial charge in [-0.1, -0.05) is 6.42 Å². The number of morpholine rings is 1. The molecule has 1 saturated carbocycles. The van der Waals surface area contributed by atoms with Crippen molar-refractivity contribution in [1.29, 1.82) is 0 Å². The molecule has 0 unspecified atom stereocenters. The quantitative estimate of drug-likeness (QED) is 0.827. The maximum atomic E-state index is 12.9. The van der Waals surface area contributed by atoms with Gasteiger partial charge in [0, 0.05) is 19.6 Å². The van der Waals surface area contributed by atoms with Crippen molar-refractivity contribution in [3.8, 4) is 5.75 Å². The fourth-order valence-corrected chi connectivity index (χ4v) is 3.73. The van der Waals surface area contributed by atoms with Gasteiger partial charge in [-0.15, -0.1) is 0 Å². The molecule has 132 valence electrons. The van der Waals surface area contributed by atoms with Crippen LogP contribution in [0, 0.1) is 11.7 Å². The second kappa shape index (κ2) is 7.94. The van der Waals surface area contributed by atoms with Gasteiger partial charge >= 0.3 is 0 Å². The van der Waals surface area contributed by atoms with Crippen molar-refractivity contribution in [2.75, 3.05) is 33.5 Å². The highest BCUT2D eigenvalue weighted by molar-refractivity contribution is 5.78. The Balaban J connectivity index is 1.61. The van der Waals surface area contributed by atoms with Crippen LogP contribution in [0.2, 0.25) is 0 Å². The maximum Gasteiger partial charge on any atom is 0.260 e. The van der Waals surface area contributed by atoms with Crippen LogP contribution in [0.4, 0.5) is 4.39 Å². The lowest BCUT2D eigenvalue weighted by atomic mass is 9.94. The number of hydrogen-bond acceptors (Lipinski definition) is 4. The Hall–Kier alpha value is -1.66. The molecule has 6 heteroatoms. The second-order valence-corrected chi connectivity index (χ2v) is 6.34. The number of halogens is 1. The summed E-state index contributed by atoms with van der Waals surface area (Å²) in [5.74, 6) is 0.415. The zero-order chi connectivity index (χ0) is 16.9. The molecule has 1 aliphatic heterocycles. The first-order chi connectivity index (χ1) is 11.7. The van der Waals surface area contributed by atoms with Crippen molar-refractivity contribution in [2.24, 2.45) is 5.92 Å². The van der Waals surface area contributed by atoms with Gasteiger partial charge in [0.05, 0.1) is 25.4 Å². The van der Waals surface area contributed by atoms with E-state index in [0.717, 1.165) is 19.3 Å². The number of hydrogen-bond donors (Lipinski definition) is 0. The molecule has 1 heterocycles. The van der Waals surface area contributed by atoms with Crippen LogP contribution in [0.1, 0.15) is 19.3 Å². The molecule has 1 aliphatic carbocycles. The Kier molecular flexibility index (Phi) is 5.68. The number of methoxy groups -OCH3 is 1. The van der Waals surface area contributed by atoms with E-state index in [1.807, 2.05) is 4.90 Å². The second-order valence-electron chi connectivity index (χ2n) is 6.34. The third-order valence-corrected chi connectivity index (χ3v) is 4.96. The van der Waals surface area contributed by atoms with E-state index in [1.165, 1.54) is 24.3 Å². The normalized spacial score (nSPS) is 27.2. The van der Waals surface area contributed by atoms with Crippen LogP contribution in [0.25, 0.3) is 0 Å². The number of carbonyl (C=O) groups excluding carboxylic acids is 1. The molecular weight excluding hydrogens is 313 g/mol. The summed E-state index contributed by atoms with van der Waals surface area (Å²) in [6, 6.07) is 5.72. The molecule has 1 amide bonds. The van der Waals surface area contributed by atoms with E-state index in [-0.39, 0.29) is 30.5 Å². The number of ether oxygens (including phenoxy) is 3. The predicted octanol–water partition coefficient (Wildman–Crippen LogP) is 2.25. The number of amides is 1. The van der Waals surface area contributed by atoms with E-state index in [1.54, 1.807) is 7.11 Å². The van der Waals surface area contributed by atoms with Crippen molar-refractivity contribution >= 4 is 5.91 Å². The first-order valence-electron chi connectivity index (χ1n) is 8.47. The minimum atomic E-state index is -0.325. The lowest BCUT2D eigenvalue weighted by Gasteiger charge is -2.40. The van der Waals surface area contributed by atoms with Gasteiger partial charge in [0.15, 0.2) is 6.61 Å². The highest BCUT2D eigenvalue weighted by Gasteiger charge is 2.40. The fraction of sp³-hybridized carbons (Fsp3) is 0.611. The SMILES string of the molecule is CO[C@@H]1CCC[C@@H]1[C@@H]1COCCN1C(=O)COc1ccc(F)cc1. The Labute approximate surface area is 141 Å². The molecule has 1 aromatic rings. The molecule has 3 rings (SSSR count). The van der Waals surface area contributed by atoms with Gasteiger partial charge in [0.2, 0.25) is 0 Å². The summed E-state index contributed by atoms with van der Waals surface area (Å²) in [6.45, 7) is 1.62. The van der Waals surface area contributed by atoms with Crippen molar-refractivity contribution < 1.29 is 23.4 Å². The maximum absolute atomic E-state index is 12.9. The zero-order valence-corrected chi connectivity index (χ0v) is 13.9. The summed E-state index contributed by atoms with van der Waals surface area (Å²) in [4.78, 5) is 14.5. The molecule has 2 fully saturated rings. The Morgan fingerprint density at radius 2 is 2.12 bits per heavy atom. The number of carbonyl (C=O) groups is 1. The van der Waals surface area contributed by atoms with E-state index < -0.39 is 0 Å². The highest BCUT2D eigenvalue weighted by atomic mass is 19.1. The molecular formula is C18H24FNO4. The van der Waals surface area contributed by atoms with Crippen molar-refractivity contribution in [1.82, 2.24) is 4.90 Å². The minimum Gasteiger partial charge on any atom is -0.484 e. The van der Waals surface area contributed by atoms with Crippen LogP contribution in [0.5, 0.6) is 5.75 Å². The molecule has 0 spiro atoms. The van der Waals surface area contributed by atoms with Crippen LogP contribution >= 0.6 is 0 Å². The summed E-state index contributed by atoms with van der Waals surface area (Å²) in [5, 5.41) is 0. The van der Waals surface area contributed by atoms with Crippen LogP contribution < -0.4 is 4.74 Å². The summed E-state index contributed by atoms with van der Waals surface area (Å²) in [6.07, 6.45) is 3.39. The average molecular weight is 337 g/mol. The van der Waals surface area contributed by atoms with Crippen LogP contribution in [0.15, 0.2) is 24.3 Å². The van der Waals surface area contributed by atoms with Gasteiger partial charge in [-0.3, -0.25) is 4.79 Å². The molecule has 1 aromatic carbocycles. The topological polar surface area (TPSA) is 48.0 Å². The molecule has 5 nitrogen and oxygen atoms in total. The van der Waals surface area contributed by atoms with Crippen molar-refractivity contribution in [2.45, 2.75) is 31.4 Å². The van der Waals surface area contributed by atoms with Crippen LogP contribution in [-0.4, -0.2) is 56.4 Å². The van der Waals surface area contributed by atoms with Gasteiger partial charge in [-0.25, -0.2) is 4.39 Å². The van der Waals surface area contributed by atoms with E-state index in [4.69, 9.17) is 14.2 Å².